The van der Waals surface area contributed by atoms with Crippen LogP contribution in [-0.4, -0.2) is 155 Å². The Morgan fingerprint density at radius 2 is 0.784 bits per heavy atom. The van der Waals surface area contributed by atoms with E-state index in [1.165, 1.54) is 0 Å². The topological polar surface area (TPSA) is 282 Å². The van der Waals surface area contributed by atoms with Gasteiger partial charge in [-0.25, -0.2) is 0 Å². The number of aliphatic carboxylic acids is 4. The monoisotopic (exact) mass is 594 g/mol. The van der Waals surface area contributed by atoms with Gasteiger partial charge in [-0.3, -0.25) is 0 Å². The van der Waals surface area contributed by atoms with Crippen molar-refractivity contribution in [2.45, 2.75) is 49.5 Å². The third kappa shape index (κ3) is 27.0. The minimum absolute atomic E-state index is 0. The SMILES string of the molecule is C[N+](C)(C)C[C@H](O)CC(=O)[O-].C[N+](C)(C)C[C@H](O)CC(=O)[O-].O=C([O-])[C@@H](O)[C@H](O)[C@H](O)[C@@H](O)C(=O)[O-].[Zn+2]. The maximum absolute atomic E-state index is 10.0. The number of hydrogen-bond donors (Lipinski definition) is 6. The van der Waals surface area contributed by atoms with E-state index in [9.17, 15) is 39.6 Å². The second kappa shape index (κ2) is 19.3. The molecular weight excluding hydrogens is 558 g/mol. The largest absolute Gasteiger partial charge is 2.00 e. The van der Waals surface area contributed by atoms with Crippen LogP contribution >= 0.6 is 0 Å². The molecule has 214 valence electrons. The molecule has 0 spiro atoms. The van der Waals surface area contributed by atoms with E-state index in [-0.39, 0.29) is 32.3 Å². The molecule has 0 aliphatic rings. The van der Waals surface area contributed by atoms with Gasteiger partial charge < -0.3 is 79.2 Å². The van der Waals surface area contributed by atoms with Crippen LogP contribution in [0.15, 0.2) is 0 Å². The summed E-state index contributed by atoms with van der Waals surface area (Å²) in [6.45, 7) is 0.849. The number of aliphatic hydroxyl groups is 6. The molecule has 16 nitrogen and oxygen atoms in total. The predicted molar refractivity (Wildman–Crippen MR) is 111 cm³/mol. The zero-order valence-corrected chi connectivity index (χ0v) is 24.8. The number of carbonyl (C=O) groups excluding carboxylic acids is 4. The summed E-state index contributed by atoms with van der Waals surface area (Å²) in [6, 6.07) is 0. The molecule has 0 aromatic carbocycles. The smallest absolute Gasteiger partial charge is 0.550 e. The van der Waals surface area contributed by atoms with Crippen LogP contribution in [0.3, 0.4) is 0 Å². The molecule has 0 aromatic heterocycles. The van der Waals surface area contributed by atoms with Crippen molar-refractivity contribution in [2.75, 3.05) is 55.4 Å². The van der Waals surface area contributed by atoms with Gasteiger partial charge in [0, 0.05) is 24.8 Å². The van der Waals surface area contributed by atoms with Crippen LogP contribution in [0.5, 0.6) is 0 Å². The first kappa shape index (κ1) is 42.3. The number of carboxylic acid groups (broad SMARTS) is 4. The first-order valence-electron chi connectivity index (χ1n) is 10.4. The van der Waals surface area contributed by atoms with Crippen molar-refractivity contribution in [2.24, 2.45) is 0 Å². The molecule has 6 N–H and O–H groups in total. The Balaban J connectivity index is -0.000000220. The van der Waals surface area contributed by atoms with Gasteiger partial charge in [-0.2, -0.15) is 0 Å². The van der Waals surface area contributed by atoms with E-state index in [0.29, 0.717) is 22.1 Å². The van der Waals surface area contributed by atoms with Crippen molar-refractivity contribution in [1.82, 2.24) is 0 Å². The van der Waals surface area contributed by atoms with Gasteiger partial charge in [0.2, 0.25) is 0 Å². The summed E-state index contributed by atoms with van der Waals surface area (Å²) in [5.74, 6) is -6.62. The Morgan fingerprint density at radius 1 is 0.568 bits per heavy atom. The quantitative estimate of drug-likeness (QED) is 0.0851. The van der Waals surface area contributed by atoms with Crippen LogP contribution in [0.4, 0.5) is 0 Å². The molecular formula is C20H38N2O14Zn. The molecule has 0 saturated carbocycles. The Bertz CT molecular complexity index is 638. The number of likely N-dealkylation sites (N-methyl/N-ethyl adjacent to an activating group) is 2. The van der Waals surface area contributed by atoms with Crippen molar-refractivity contribution in [3.63, 3.8) is 0 Å². The zero-order chi connectivity index (χ0) is 29.6. The van der Waals surface area contributed by atoms with Crippen molar-refractivity contribution in [1.29, 1.82) is 0 Å². The van der Waals surface area contributed by atoms with Crippen LogP contribution in [0.25, 0.3) is 0 Å². The average molecular weight is 596 g/mol. The fourth-order valence-corrected chi connectivity index (χ4v) is 2.43. The molecule has 0 bridgehead atoms. The maximum Gasteiger partial charge on any atom is 2.00 e. The average Bonchev–Trinajstić information content (AvgIpc) is 2.61. The first-order chi connectivity index (χ1) is 15.9. The van der Waals surface area contributed by atoms with E-state index < -0.39 is 60.5 Å². The van der Waals surface area contributed by atoms with Crippen molar-refractivity contribution >= 4 is 23.9 Å². The normalized spacial score (nSPS) is 16.0. The Labute approximate surface area is 227 Å². The molecule has 0 aliphatic carbocycles. The molecule has 0 amide bonds. The van der Waals surface area contributed by atoms with Crippen LogP contribution in [0.1, 0.15) is 12.8 Å². The van der Waals surface area contributed by atoms with Crippen LogP contribution < -0.4 is 20.4 Å². The van der Waals surface area contributed by atoms with Gasteiger partial charge in [-0.15, -0.1) is 0 Å². The van der Waals surface area contributed by atoms with Gasteiger partial charge in [-0.1, -0.05) is 0 Å². The number of aliphatic hydroxyl groups excluding tert-OH is 6. The summed E-state index contributed by atoms with van der Waals surface area (Å²) in [6.07, 6.45) is -11.9. The molecule has 0 aromatic rings. The van der Waals surface area contributed by atoms with Gasteiger partial charge in [0.1, 0.15) is 49.7 Å². The third-order valence-corrected chi connectivity index (χ3v) is 3.80. The fourth-order valence-electron chi connectivity index (χ4n) is 2.43. The summed E-state index contributed by atoms with van der Waals surface area (Å²) in [5.41, 5.74) is 0. The van der Waals surface area contributed by atoms with E-state index >= 15 is 0 Å². The molecule has 17 heteroatoms. The van der Waals surface area contributed by atoms with Crippen molar-refractivity contribution in [3.8, 4) is 0 Å². The molecule has 0 aliphatic heterocycles. The van der Waals surface area contributed by atoms with Gasteiger partial charge in [-0.05, 0) is 0 Å². The molecule has 0 heterocycles. The summed E-state index contributed by atoms with van der Waals surface area (Å²) in [5, 5.41) is 93.0. The summed E-state index contributed by atoms with van der Waals surface area (Å²) in [4.78, 5) is 40.0. The molecule has 6 atom stereocenters. The standard InChI is InChI=1S/2C7H15NO3.C6H10O8.Zn/c2*1-8(2,3)5-6(9)4-7(10)11;7-1(3(9)5(11)12)2(8)4(10)6(13)14;/h2*6,9H,4-5H2,1-3H3;1-4,7-10H,(H,11,12)(H,13,14);/q;;;+2/p-2/t2*6-;1-,2+,3+,4-;/m11../s1. The third-order valence-electron chi connectivity index (χ3n) is 3.80. The van der Waals surface area contributed by atoms with E-state index in [1.807, 2.05) is 42.3 Å². The number of carboxylic acids is 4. The molecule has 0 saturated heterocycles. The molecule has 0 radical (unpaired) electrons. The Hall–Kier alpha value is -1.82. The van der Waals surface area contributed by atoms with E-state index in [1.54, 1.807) is 0 Å². The number of carbonyl (C=O) groups is 4. The first-order valence-corrected chi connectivity index (χ1v) is 10.4. The van der Waals surface area contributed by atoms with Gasteiger partial charge in [0.05, 0.1) is 54.2 Å². The molecule has 0 unspecified atom stereocenters. The molecule has 0 rings (SSSR count). The number of quaternary nitrogens is 2. The summed E-state index contributed by atoms with van der Waals surface area (Å²) < 4.78 is 1.10. The molecule has 0 fully saturated rings. The summed E-state index contributed by atoms with van der Waals surface area (Å²) in [7, 11) is 11.3. The van der Waals surface area contributed by atoms with Crippen molar-refractivity contribution < 1.29 is 98.7 Å². The number of nitrogens with zero attached hydrogens (tertiary/aromatic N) is 2. The second-order valence-electron chi connectivity index (χ2n) is 9.91. The predicted octanol–water partition coefficient (Wildman–Crippen LogP) is -9.69. The van der Waals surface area contributed by atoms with Crippen LogP contribution in [-0.2, 0) is 38.7 Å². The van der Waals surface area contributed by atoms with Gasteiger partial charge in [0.15, 0.2) is 0 Å². The van der Waals surface area contributed by atoms with Gasteiger partial charge >= 0.3 is 19.5 Å². The summed E-state index contributed by atoms with van der Waals surface area (Å²) >= 11 is 0. The van der Waals surface area contributed by atoms with E-state index in [0.717, 1.165) is 0 Å². The maximum atomic E-state index is 10.0. The van der Waals surface area contributed by atoms with Crippen LogP contribution in [0.2, 0.25) is 0 Å². The molecule has 37 heavy (non-hydrogen) atoms. The van der Waals surface area contributed by atoms with Gasteiger partial charge in [0.25, 0.3) is 0 Å². The Morgan fingerprint density at radius 3 is 0.919 bits per heavy atom. The zero-order valence-electron chi connectivity index (χ0n) is 21.8. The minimum Gasteiger partial charge on any atom is -0.550 e. The van der Waals surface area contributed by atoms with Crippen LogP contribution in [0, 0.1) is 0 Å². The minimum atomic E-state index is -2.50. The van der Waals surface area contributed by atoms with E-state index in [4.69, 9.17) is 30.6 Å². The number of rotatable bonds is 13. The number of hydrogen-bond acceptors (Lipinski definition) is 14. The Kier molecular flexibility index (Phi) is 22.0. The fraction of sp³-hybridized carbons (Fsp3) is 0.800. The second-order valence-corrected chi connectivity index (χ2v) is 9.91. The van der Waals surface area contributed by atoms with E-state index in [2.05, 4.69) is 0 Å². The van der Waals surface area contributed by atoms with Crippen molar-refractivity contribution in [3.05, 3.63) is 0 Å².